The number of amides is 1. The van der Waals surface area contributed by atoms with Crippen molar-refractivity contribution in [3.63, 3.8) is 0 Å². The average Bonchev–Trinajstić information content (AvgIpc) is 3.11. The van der Waals surface area contributed by atoms with Gasteiger partial charge >= 0.3 is 0 Å². The first-order valence-electron chi connectivity index (χ1n) is 6.39. The summed E-state index contributed by atoms with van der Waals surface area (Å²) in [5.74, 6) is 0.767. The van der Waals surface area contributed by atoms with Crippen LogP contribution in [0.4, 0.5) is 0 Å². The lowest BCUT2D eigenvalue weighted by Crippen LogP contribution is -2.40. The van der Waals surface area contributed by atoms with Crippen molar-refractivity contribution in [2.75, 3.05) is 13.1 Å². The van der Waals surface area contributed by atoms with Crippen molar-refractivity contribution >= 4 is 17.2 Å². The highest BCUT2D eigenvalue weighted by Gasteiger charge is 2.26. The van der Waals surface area contributed by atoms with E-state index in [1.807, 2.05) is 16.5 Å². The molecule has 1 atom stereocenters. The summed E-state index contributed by atoms with van der Waals surface area (Å²) in [5, 5.41) is 3.15. The fourth-order valence-corrected chi connectivity index (χ4v) is 3.23. The van der Waals surface area contributed by atoms with Crippen molar-refractivity contribution in [3.05, 3.63) is 34.9 Å². The van der Waals surface area contributed by atoms with Crippen LogP contribution in [0.3, 0.4) is 0 Å². The molecule has 2 aromatic rings. The maximum Gasteiger partial charge on any atom is 0.291 e. The lowest BCUT2D eigenvalue weighted by atomic mass is 9.95. The topological polar surface area (TPSA) is 59.2 Å². The molecule has 3 rings (SSSR count). The molecule has 1 aliphatic rings. The third kappa shape index (κ3) is 2.84. The summed E-state index contributed by atoms with van der Waals surface area (Å²) in [7, 11) is 0. The summed E-state index contributed by atoms with van der Waals surface area (Å²) in [4.78, 5) is 22.2. The zero-order valence-electron chi connectivity index (χ0n) is 10.5. The molecular formula is C13H15N3O2S. The van der Waals surface area contributed by atoms with E-state index in [0.717, 1.165) is 37.4 Å². The van der Waals surface area contributed by atoms with Gasteiger partial charge in [-0.2, -0.15) is 0 Å². The Morgan fingerprint density at radius 3 is 3.26 bits per heavy atom. The summed E-state index contributed by atoms with van der Waals surface area (Å²) in [6, 6.07) is 0. The molecule has 100 valence electrons. The molecule has 5 nitrogen and oxygen atoms in total. The SMILES string of the molecule is O=C(c1cnco1)N1CCC[C@@H](Cc2nccs2)C1. The minimum Gasteiger partial charge on any atom is -0.438 e. The van der Waals surface area contributed by atoms with Crippen LogP contribution in [-0.2, 0) is 6.42 Å². The molecule has 1 fully saturated rings. The molecule has 19 heavy (non-hydrogen) atoms. The number of hydrogen-bond donors (Lipinski definition) is 0. The van der Waals surface area contributed by atoms with Crippen LogP contribution in [0, 0.1) is 5.92 Å². The molecule has 6 heteroatoms. The van der Waals surface area contributed by atoms with Gasteiger partial charge in [0.15, 0.2) is 6.39 Å². The summed E-state index contributed by atoms with van der Waals surface area (Å²) < 4.78 is 5.08. The first-order chi connectivity index (χ1) is 9.33. The summed E-state index contributed by atoms with van der Waals surface area (Å²) >= 11 is 1.68. The Kier molecular flexibility index (Phi) is 3.59. The van der Waals surface area contributed by atoms with E-state index in [-0.39, 0.29) is 5.91 Å². The van der Waals surface area contributed by atoms with Crippen molar-refractivity contribution in [2.24, 2.45) is 5.92 Å². The van der Waals surface area contributed by atoms with E-state index >= 15 is 0 Å². The minimum atomic E-state index is -0.0543. The number of carbonyl (C=O) groups excluding carboxylic acids is 1. The first kappa shape index (κ1) is 12.3. The van der Waals surface area contributed by atoms with Crippen LogP contribution >= 0.6 is 11.3 Å². The maximum absolute atomic E-state index is 12.2. The Hall–Kier alpha value is -1.69. The van der Waals surface area contributed by atoms with E-state index in [1.165, 1.54) is 12.6 Å². The Balaban J connectivity index is 1.63. The van der Waals surface area contributed by atoms with Gasteiger partial charge in [-0.25, -0.2) is 9.97 Å². The minimum absolute atomic E-state index is 0.0543. The molecular weight excluding hydrogens is 262 g/mol. The Labute approximate surface area is 115 Å². The quantitative estimate of drug-likeness (QED) is 0.863. The highest BCUT2D eigenvalue weighted by molar-refractivity contribution is 7.09. The van der Waals surface area contributed by atoms with Crippen LogP contribution in [0.5, 0.6) is 0 Å². The van der Waals surface area contributed by atoms with Crippen LogP contribution in [-0.4, -0.2) is 33.9 Å². The van der Waals surface area contributed by atoms with Crippen LogP contribution in [0.15, 0.2) is 28.6 Å². The van der Waals surface area contributed by atoms with E-state index in [1.54, 1.807) is 11.3 Å². The van der Waals surface area contributed by atoms with Gasteiger partial charge in [0.2, 0.25) is 5.76 Å². The summed E-state index contributed by atoms with van der Waals surface area (Å²) in [6.07, 6.45) is 7.75. The number of oxazole rings is 1. The number of carbonyl (C=O) groups is 1. The van der Waals surface area contributed by atoms with Crippen LogP contribution in [0.2, 0.25) is 0 Å². The van der Waals surface area contributed by atoms with Gasteiger partial charge in [-0.3, -0.25) is 4.79 Å². The largest absolute Gasteiger partial charge is 0.438 e. The number of hydrogen-bond acceptors (Lipinski definition) is 5. The van der Waals surface area contributed by atoms with Crippen LogP contribution in [0.25, 0.3) is 0 Å². The van der Waals surface area contributed by atoms with Crippen molar-refractivity contribution < 1.29 is 9.21 Å². The molecule has 3 heterocycles. The highest BCUT2D eigenvalue weighted by atomic mass is 32.1. The van der Waals surface area contributed by atoms with Gasteiger partial charge in [-0.05, 0) is 18.8 Å². The molecule has 0 bridgehead atoms. The fraction of sp³-hybridized carbons (Fsp3) is 0.462. The lowest BCUT2D eigenvalue weighted by Gasteiger charge is -2.31. The second-order valence-corrected chi connectivity index (χ2v) is 5.73. The fourth-order valence-electron chi connectivity index (χ4n) is 2.49. The zero-order valence-corrected chi connectivity index (χ0v) is 11.3. The number of likely N-dealkylation sites (tertiary alicyclic amines) is 1. The molecule has 0 aliphatic carbocycles. The van der Waals surface area contributed by atoms with Crippen molar-refractivity contribution in [1.29, 1.82) is 0 Å². The predicted octanol–water partition coefficient (Wildman–Crippen LogP) is 2.23. The maximum atomic E-state index is 12.2. The molecule has 1 aliphatic heterocycles. The monoisotopic (exact) mass is 277 g/mol. The van der Waals surface area contributed by atoms with E-state index in [4.69, 9.17) is 4.42 Å². The molecule has 2 aromatic heterocycles. The van der Waals surface area contributed by atoms with E-state index in [0.29, 0.717) is 11.7 Å². The van der Waals surface area contributed by atoms with E-state index < -0.39 is 0 Å². The number of rotatable bonds is 3. The summed E-state index contributed by atoms with van der Waals surface area (Å²) in [6.45, 7) is 1.58. The molecule has 0 aromatic carbocycles. The van der Waals surface area contributed by atoms with Gasteiger partial charge in [0, 0.05) is 31.1 Å². The number of nitrogens with zero attached hydrogens (tertiary/aromatic N) is 3. The van der Waals surface area contributed by atoms with Crippen molar-refractivity contribution in [1.82, 2.24) is 14.9 Å². The normalized spacial score (nSPS) is 19.6. The van der Waals surface area contributed by atoms with Gasteiger partial charge in [0.1, 0.15) is 0 Å². The predicted molar refractivity (Wildman–Crippen MR) is 70.9 cm³/mol. The van der Waals surface area contributed by atoms with Crippen LogP contribution < -0.4 is 0 Å². The Morgan fingerprint density at radius 1 is 1.58 bits per heavy atom. The third-order valence-corrected chi connectivity index (χ3v) is 4.20. The first-order valence-corrected chi connectivity index (χ1v) is 7.27. The Morgan fingerprint density at radius 2 is 2.53 bits per heavy atom. The van der Waals surface area contributed by atoms with Gasteiger partial charge in [-0.15, -0.1) is 11.3 Å². The molecule has 0 unspecified atom stereocenters. The average molecular weight is 277 g/mol. The molecule has 0 radical (unpaired) electrons. The zero-order chi connectivity index (χ0) is 13.1. The summed E-state index contributed by atoms with van der Waals surface area (Å²) in [5.41, 5.74) is 0. The van der Waals surface area contributed by atoms with Gasteiger partial charge in [0.25, 0.3) is 5.91 Å². The van der Waals surface area contributed by atoms with Gasteiger partial charge in [-0.1, -0.05) is 0 Å². The third-order valence-electron chi connectivity index (χ3n) is 3.40. The number of thiazole rings is 1. The van der Waals surface area contributed by atoms with Crippen molar-refractivity contribution in [3.8, 4) is 0 Å². The molecule has 1 amide bonds. The second-order valence-electron chi connectivity index (χ2n) is 4.76. The smallest absolute Gasteiger partial charge is 0.291 e. The van der Waals surface area contributed by atoms with E-state index in [2.05, 4.69) is 9.97 Å². The molecule has 0 saturated carbocycles. The lowest BCUT2D eigenvalue weighted by molar-refractivity contribution is 0.0641. The number of aromatic nitrogens is 2. The standard InChI is InChI=1S/C13H15N3O2S/c17-13(11-7-14-9-18-11)16-4-1-2-10(8-16)6-12-15-3-5-19-12/h3,5,7,9-10H,1-2,4,6,8H2/t10-/m0/s1. The van der Waals surface area contributed by atoms with Gasteiger partial charge < -0.3 is 9.32 Å². The second kappa shape index (κ2) is 5.52. The molecule has 0 spiro atoms. The molecule has 1 saturated heterocycles. The van der Waals surface area contributed by atoms with Crippen LogP contribution in [0.1, 0.15) is 28.4 Å². The molecule has 0 N–H and O–H groups in total. The highest BCUT2D eigenvalue weighted by Crippen LogP contribution is 2.22. The number of piperidine rings is 1. The van der Waals surface area contributed by atoms with E-state index in [9.17, 15) is 4.79 Å². The van der Waals surface area contributed by atoms with Gasteiger partial charge in [0.05, 0.1) is 11.2 Å². The Bertz CT molecular complexity index is 524. The van der Waals surface area contributed by atoms with Crippen molar-refractivity contribution in [2.45, 2.75) is 19.3 Å².